The van der Waals surface area contributed by atoms with Gasteiger partial charge in [0.2, 0.25) is 0 Å². The summed E-state index contributed by atoms with van der Waals surface area (Å²) in [5.41, 5.74) is 0.758. The van der Waals surface area contributed by atoms with E-state index in [1.807, 2.05) is 30.5 Å². The molecular formula is C15H16N2O. The number of hydrogen-bond donors (Lipinski definition) is 1. The SMILES string of the molecule is CC1CNCC1C(=O)c1cncc2ccccc12. The van der Waals surface area contributed by atoms with E-state index < -0.39 is 0 Å². The van der Waals surface area contributed by atoms with Gasteiger partial charge in [-0.2, -0.15) is 0 Å². The number of carbonyl (C=O) groups is 1. The van der Waals surface area contributed by atoms with E-state index in [1.54, 1.807) is 6.20 Å². The number of ketones is 1. The number of pyridine rings is 1. The van der Waals surface area contributed by atoms with Crippen molar-refractivity contribution in [3.05, 3.63) is 42.2 Å². The second kappa shape index (κ2) is 4.50. The second-order valence-corrected chi connectivity index (χ2v) is 5.01. The van der Waals surface area contributed by atoms with Crippen molar-refractivity contribution >= 4 is 16.6 Å². The molecule has 0 amide bonds. The van der Waals surface area contributed by atoms with Gasteiger partial charge < -0.3 is 5.32 Å². The molecule has 92 valence electrons. The van der Waals surface area contributed by atoms with Gasteiger partial charge in [-0.1, -0.05) is 31.2 Å². The summed E-state index contributed by atoms with van der Waals surface area (Å²) in [5.74, 6) is 0.700. The molecule has 0 bridgehead atoms. The van der Waals surface area contributed by atoms with Crippen LogP contribution in [0.1, 0.15) is 17.3 Å². The summed E-state index contributed by atoms with van der Waals surface area (Å²) >= 11 is 0. The minimum absolute atomic E-state index is 0.0811. The molecule has 1 aliphatic heterocycles. The largest absolute Gasteiger partial charge is 0.316 e. The van der Waals surface area contributed by atoms with Gasteiger partial charge in [-0.3, -0.25) is 9.78 Å². The number of hydrogen-bond acceptors (Lipinski definition) is 3. The molecule has 0 saturated carbocycles. The Bertz CT molecular complexity index is 589. The minimum atomic E-state index is 0.0811. The molecule has 3 nitrogen and oxygen atoms in total. The van der Waals surface area contributed by atoms with Gasteiger partial charge in [-0.15, -0.1) is 0 Å². The zero-order chi connectivity index (χ0) is 12.5. The highest BCUT2D eigenvalue weighted by Crippen LogP contribution is 2.25. The summed E-state index contributed by atoms with van der Waals surface area (Å²) in [5, 5.41) is 5.32. The fraction of sp³-hybridized carbons (Fsp3) is 0.333. The molecule has 1 saturated heterocycles. The van der Waals surface area contributed by atoms with Crippen molar-refractivity contribution in [1.29, 1.82) is 0 Å². The average Bonchev–Trinajstić information content (AvgIpc) is 2.83. The maximum absolute atomic E-state index is 12.6. The predicted octanol–water partition coefficient (Wildman–Crippen LogP) is 2.27. The van der Waals surface area contributed by atoms with Crippen LogP contribution in [-0.4, -0.2) is 23.9 Å². The standard InChI is InChI=1S/C15H16N2O/c1-10-6-16-8-13(10)15(18)14-9-17-7-11-4-2-3-5-12(11)14/h2-5,7,9-10,13,16H,6,8H2,1H3. The lowest BCUT2D eigenvalue weighted by Crippen LogP contribution is -2.21. The summed E-state index contributed by atoms with van der Waals surface area (Å²) in [7, 11) is 0. The molecular weight excluding hydrogens is 224 g/mol. The van der Waals surface area contributed by atoms with Gasteiger partial charge in [-0.05, 0) is 17.8 Å². The van der Waals surface area contributed by atoms with Crippen LogP contribution in [-0.2, 0) is 0 Å². The summed E-state index contributed by atoms with van der Waals surface area (Å²) in [6.45, 7) is 3.83. The number of carbonyl (C=O) groups excluding carboxylic acids is 1. The summed E-state index contributed by atoms with van der Waals surface area (Å²) in [6, 6.07) is 7.93. The lowest BCUT2D eigenvalue weighted by atomic mass is 9.88. The van der Waals surface area contributed by atoms with Crippen LogP contribution in [0.15, 0.2) is 36.7 Å². The fourth-order valence-electron chi connectivity index (χ4n) is 2.67. The molecule has 2 unspecified atom stereocenters. The third-order valence-electron chi connectivity index (χ3n) is 3.79. The van der Waals surface area contributed by atoms with Crippen LogP contribution < -0.4 is 5.32 Å². The van der Waals surface area contributed by atoms with Crippen LogP contribution in [0.2, 0.25) is 0 Å². The van der Waals surface area contributed by atoms with Crippen LogP contribution in [0, 0.1) is 11.8 Å². The Labute approximate surface area is 106 Å². The fourth-order valence-corrected chi connectivity index (χ4v) is 2.67. The average molecular weight is 240 g/mol. The van der Waals surface area contributed by atoms with E-state index in [-0.39, 0.29) is 11.7 Å². The van der Waals surface area contributed by atoms with Gasteiger partial charge in [0.05, 0.1) is 0 Å². The summed E-state index contributed by atoms with van der Waals surface area (Å²) in [4.78, 5) is 16.8. The summed E-state index contributed by atoms with van der Waals surface area (Å²) in [6.07, 6.45) is 3.51. The zero-order valence-corrected chi connectivity index (χ0v) is 10.4. The van der Waals surface area contributed by atoms with E-state index >= 15 is 0 Å². The maximum Gasteiger partial charge on any atom is 0.169 e. The second-order valence-electron chi connectivity index (χ2n) is 5.01. The molecule has 0 aliphatic carbocycles. The molecule has 0 spiro atoms. The minimum Gasteiger partial charge on any atom is -0.316 e. The molecule has 3 heteroatoms. The molecule has 3 rings (SSSR count). The maximum atomic E-state index is 12.6. The van der Waals surface area contributed by atoms with E-state index in [2.05, 4.69) is 17.2 Å². The predicted molar refractivity (Wildman–Crippen MR) is 71.6 cm³/mol. The van der Waals surface area contributed by atoms with Gasteiger partial charge in [0.1, 0.15) is 0 Å². The smallest absolute Gasteiger partial charge is 0.169 e. The summed E-state index contributed by atoms with van der Waals surface area (Å²) < 4.78 is 0. The highest BCUT2D eigenvalue weighted by molar-refractivity contribution is 6.08. The number of rotatable bonds is 2. The van der Waals surface area contributed by atoms with E-state index in [9.17, 15) is 4.79 Å². The van der Waals surface area contributed by atoms with Crippen molar-refractivity contribution in [3.8, 4) is 0 Å². The number of nitrogens with one attached hydrogen (secondary N) is 1. The molecule has 2 heterocycles. The number of fused-ring (bicyclic) bond motifs is 1. The monoisotopic (exact) mass is 240 g/mol. The van der Waals surface area contributed by atoms with Crippen molar-refractivity contribution < 1.29 is 4.79 Å². The van der Waals surface area contributed by atoms with Gasteiger partial charge >= 0.3 is 0 Å². The third kappa shape index (κ3) is 1.81. The van der Waals surface area contributed by atoms with E-state index in [4.69, 9.17) is 0 Å². The first-order chi connectivity index (χ1) is 8.77. The van der Waals surface area contributed by atoms with Crippen LogP contribution >= 0.6 is 0 Å². The van der Waals surface area contributed by atoms with Crippen molar-refractivity contribution in [1.82, 2.24) is 10.3 Å². The molecule has 18 heavy (non-hydrogen) atoms. The number of benzene rings is 1. The quantitative estimate of drug-likeness (QED) is 0.819. The van der Waals surface area contributed by atoms with Crippen LogP contribution in [0.25, 0.3) is 10.8 Å². The van der Waals surface area contributed by atoms with Crippen LogP contribution in [0.4, 0.5) is 0 Å². The molecule has 0 radical (unpaired) electrons. The molecule has 1 N–H and O–H groups in total. The van der Waals surface area contributed by atoms with Crippen molar-refractivity contribution in [2.24, 2.45) is 11.8 Å². The number of Topliss-reactive ketones (excluding diaryl/α,β-unsaturated/α-hetero) is 1. The Balaban J connectivity index is 2.06. The Morgan fingerprint density at radius 3 is 2.89 bits per heavy atom. The first-order valence-corrected chi connectivity index (χ1v) is 6.35. The first-order valence-electron chi connectivity index (χ1n) is 6.35. The van der Waals surface area contributed by atoms with Gasteiger partial charge in [-0.25, -0.2) is 0 Å². The van der Waals surface area contributed by atoms with E-state index in [0.717, 1.165) is 29.4 Å². The van der Waals surface area contributed by atoms with Crippen molar-refractivity contribution in [2.45, 2.75) is 6.92 Å². The molecule has 1 aromatic carbocycles. The highest BCUT2D eigenvalue weighted by atomic mass is 16.1. The lowest BCUT2D eigenvalue weighted by molar-refractivity contribution is 0.0909. The Morgan fingerprint density at radius 2 is 2.11 bits per heavy atom. The third-order valence-corrected chi connectivity index (χ3v) is 3.79. The molecule has 1 aliphatic rings. The van der Waals surface area contributed by atoms with Crippen molar-refractivity contribution in [3.63, 3.8) is 0 Å². The molecule has 1 fully saturated rings. The topological polar surface area (TPSA) is 42.0 Å². The molecule has 2 atom stereocenters. The first kappa shape index (κ1) is 11.4. The van der Waals surface area contributed by atoms with Crippen LogP contribution in [0.5, 0.6) is 0 Å². The Morgan fingerprint density at radius 1 is 1.28 bits per heavy atom. The van der Waals surface area contributed by atoms with E-state index in [0.29, 0.717) is 5.92 Å². The van der Waals surface area contributed by atoms with E-state index in [1.165, 1.54) is 0 Å². The van der Waals surface area contributed by atoms with Gasteiger partial charge in [0.15, 0.2) is 5.78 Å². The number of nitrogens with zero attached hydrogens (tertiary/aromatic N) is 1. The van der Waals surface area contributed by atoms with Crippen LogP contribution in [0.3, 0.4) is 0 Å². The zero-order valence-electron chi connectivity index (χ0n) is 10.4. The van der Waals surface area contributed by atoms with Gasteiger partial charge in [0, 0.05) is 35.8 Å². The lowest BCUT2D eigenvalue weighted by Gasteiger charge is -2.14. The highest BCUT2D eigenvalue weighted by Gasteiger charge is 2.30. The van der Waals surface area contributed by atoms with Gasteiger partial charge in [0.25, 0.3) is 0 Å². The Kier molecular flexibility index (Phi) is 2.84. The molecule has 2 aromatic rings. The normalized spacial score (nSPS) is 23.4. The molecule has 1 aromatic heterocycles. The van der Waals surface area contributed by atoms with Crippen molar-refractivity contribution in [2.75, 3.05) is 13.1 Å². The number of aromatic nitrogens is 1. The Hall–Kier alpha value is -1.74.